The molecule has 0 aromatic heterocycles. The standard InChI is InChI=1S/C26H26N2O5/c1-14-4-3-5-15(2)23(14)27-20(29)13-33-26(32)16-8-10-19(11-9-16)28-24(30)21-17-6-7-18(12-17)22(21)25(28)31/h3-5,8-11,17-18,21-22H,6-7,12-13H2,1-2H3,(H,27,29)/t17-,18-,21-,22+/m0/s1. The number of hydrogen-bond donors (Lipinski definition) is 1. The number of imide groups is 1. The van der Waals surface area contributed by atoms with Crippen LogP contribution in [0.25, 0.3) is 0 Å². The molecule has 1 heterocycles. The second-order valence-electron chi connectivity index (χ2n) is 9.33. The number of anilines is 2. The van der Waals surface area contributed by atoms with Gasteiger partial charge in [-0.3, -0.25) is 19.3 Å². The van der Waals surface area contributed by atoms with Gasteiger partial charge in [0.2, 0.25) is 11.8 Å². The van der Waals surface area contributed by atoms with Gasteiger partial charge in [0.25, 0.3) is 5.91 Å². The third-order valence-corrected chi connectivity index (χ3v) is 7.37. The molecule has 0 radical (unpaired) electrons. The molecule has 2 saturated carbocycles. The number of rotatable bonds is 5. The van der Waals surface area contributed by atoms with Crippen molar-refractivity contribution >= 4 is 35.1 Å². The molecule has 1 N–H and O–H groups in total. The van der Waals surface area contributed by atoms with Gasteiger partial charge in [-0.25, -0.2) is 4.79 Å². The largest absolute Gasteiger partial charge is 0.452 e. The highest BCUT2D eigenvalue weighted by Crippen LogP contribution is 2.56. The minimum atomic E-state index is -0.646. The van der Waals surface area contributed by atoms with Gasteiger partial charge in [-0.2, -0.15) is 0 Å². The van der Waals surface area contributed by atoms with Crippen LogP contribution in [0.5, 0.6) is 0 Å². The molecule has 0 unspecified atom stereocenters. The van der Waals surface area contributed by atoms with E-state index in [-0.39, 0.29) is 29.2 Å². The molecule has 1 saturated heterocycles. The molecule has 1 aliphatic heterocycles. The Bertz CT molecular complexity index is 1110. The summed E-state index contributed by atoms with van der Waals surface area (Å²) in [4.78, 5) is 51.8. The molecule has 5 rings (SSSR count). The Morgan fingerprint density at radius 3 is 2.09 bits per heavy atom. The van der Waals surface area contributed by atoms with Crippen molar-refractivity contribution in [3.05, 3.63) is 59.2 Å². The van der Waals surface area contributed by atoms with E-state index in [1.165, 1.54) is 17.0 Å². The van der Waals surface area contributed by atoms with Crippen LogP contribution in [0.15, 0.2) is 42.5 Å². The fraction of sp³-hybridized carbons (Fsp3) is 0.385. The molecule has 3 amide bonds. The molecule has 2 aromatic rings. The number of benzene rings is 2. The molecule has 2 aromatic carbocycles. The van der Waals surface area contributed by atoms with Crippen LogP contribution in [-0.4, -0.2) is 30.3 Å². The van der Waals surface area contributed by atoms with Crippen LogP contribution in [0, 0.1) is 37.5 Å². The number of esters is 1. The van der Waals surface area contributed by atoms with Gasteiger partial charge in [0.15, 0.2) is 6.61 Å². The molecule has 2 aliphatic carbocycles. The molecule has 7 nitrogen and oxygen atoms in total. The summed E-state index contributed by atoms with van der Waals surface area (Å²) in [5.74, 6) is -1.02. The third-order valence-electron chi connectivity index (χ3n) is 7.37. The maximum Gasteiger partial charge on any atom is 0.338 e. The Labute approximate surface area is 192 Å². The second-order valence-corrected chi connectivity index (χ2v) is 9.33. The number of para-hydroxylation sites is 1. The van der Waals surface area contributed by atoms with Gasteiger partial charge in [-0.05, 0) is 80.3 Å². The van der Waals surface area contributed by atoms with Crippen LogP contribution in [0.4, 0.5) is 11.4 Å². The van der Waals surface area contributed by atoms with Crippen LogP contribution in [0.1, 0.15) is 40.7 Å². The number of aryl methyl sites for hydroxylation is 2. The summed E-state index contributed by atoms with van der Waals surface area (Å²) in [5.41, 5.74) is 3.28. The zero-order chi connectivity index (χ0) is 23.3. The first-order valence-corrected chi connectivity index (χ1v) is 11.4. The van der Waals surface area contributed by atoms with Gasteiger partial charge >= 0.3 is 5.97 Å². The average Bonchev–Trinajstić information content (AvgIpc) is 3.48. The highest BCUT2D eigenvalue weighted by Gasteiger charge is 2.61. The van der Waals surface area contributed by atoms with E-state index in [0.29, 0.717) is 23.2 Å². The first-order chi connectivity index (χ1) is 15.8. The Hall–Kier alpha value is -3.48. The lowest BCUT2D eigenvalue weighted by molar-refractivity contribution is -0.123. The van der Waals surface area contributed by atoms with E-state index in [0.717, 1.165) is 30.4 Å². The molecule has 7 heteroatoms. The topological polar surface area (TPSA) is 92.8 Å². The van der Waals surface area contributed by atoms with Crippen molar-refractivity contribution in [2.45, 2.75) is 33.1 Å². The minimum absolute atomic E-state index is 0.115. The molecule has 3 aliphatic rings. The minimum Gasteiger partial charge on any atom is -0.452 e. The van der Waals surface area contributed by atoms with Crippen molar-refractivity contribution in [2.24, 2.45) is 23.7 Å². The molecular formula is C26H26N2O5. The Morgan fingerprint density at radius 1 is 0.939 bits per heavy atom. The number of nitrogens with one attached hydrogen (secondary N) is 1. The Balaban J connectivity index is 1.21. The molecule has 4 atom stereocenters. The maximum atomic E-state index is 13.0. The lowest BCUT2D eigenvalue weighted by Gasteiger charge is -2.19. The van der Waals surface area contributed by atoms with Crippen molar-refractivity contribution in [1.82, 2.24) is 0 Å². The van der Waals surface area contributed by atoms with Crippen LogP contribution in [0.3, 0.4) is 0 Å². The predicted molar refractivity (Wildman–Crippen MR) is 122 cm³/mol. The van der Waals surface area contributed by atoms with Crippen LogP contribution >= 0.6 is 0 Å². The summed E-state index contributed by atoms with van der Waals surface area (Å²) in [6.07, 6.45) is 3.04. The van der Waals surface area contributed by atoms with E-state index in [9.17, 15) is 19.2 Å². The molecule has 3 fully saturated rings. The number of carbonyl (C=O) groups excluding carboxylic acids is 4. The molecule has 2 bridgehead atoms. The quantitative estimate of drug-likeness (QED) is 0.559. The number of carbonyl (C=O) groups is 4. The van der Waals surface area contributed by atoms with E-state index in [2.05, 4.69) is 5.32 Å². The molecule has 0 spiro atoms. The van der Waals surface area contributed by atoms with Crippen molar-refractivity contribution in [2.75, 3.05) is 16.8 Å². The smallest absolute Gasteiger partial charge is 0.338 e. The van der Waals surface area contributed by atoms with Gasteiger partial charge in [0.1, 0.15) is 0 Å². The van der Waals surface area contributed by atoms with Gasteiger partial charge in [0, 0.05) is 5.69 Å². The fourth-order valence-corrected chi connectivity index (χ4v) is 5.81. The summed E-state index contributed by atoms with van der Waals surface area (Å²) in [6.45, 7) is 3.37. The highest BCUT2D eigenvalue weighted by atomic mass is 16.5. The summed E-state index contributed by atoms with van der Waals surface area (Å²) >= 11 is 0. The van der Waals surface area contributed by atoms with E-state index >= 15 is 0 Å². The summed E-state index contributed by atoms with van der Waals surface area (Å²) < 4.78 is 5.15. The van der Waals surface area contributed by atoms with Gasteiger partial charge in [-0.1, -0.05) is 18.2 Å². The predicted octanol–water partition coefficient (Wildman–Crippen LogP) is 3.63. The van der Waals surface area contributed by atoms with E-state index < -0.39 is 18.5 Å². The summed E-state index contributed by atoms with van der Waals surface area (Å²) in [5, 5.41) is 2.77. The van der Waals surface area contributed by atoms with Crippen molar-refractivity contribution in [3.63, 3.8) is 0 Å². The average molecular weight is 447 g/mol. The monoisotopic (exact) mass is 446 g/mol. The lowest BCUT2D eigenvalue weighted by atomic mass is 9.81. The molecule has 170 valence electrons. The maximum absolute atomic E-state index is 13.0. The number of fused-ring (bicyclic) bond motifs is 5. The van der Waals surface area contributed by atoms with Crippen molar-refractivity contribution < 1.29 is 23.9 Å². The lowest BCUT2D eigenvalue weighted by Crippen LogP contribution is -2.32. The second kappa shape index (κ2) is 8.14. The van der Waals surface area contributed by atoms with Crippen molar-refractivity contribution in [1.29, 1.82) is 0 Å². The zero-order valence-electron chi connectivity index (χ0n) is 18.7. The summed E-state index contributed by atoms with van der Waals surface area (Å²) in [6, 6.07) is 11.9. The number of hydrogen-bond acceptors (Lipinski definition) is 5. The summed E-state index contributed by atoms with van der Waals surface area (Å²) in [7, 11) is 0. The molecular weight excluding hydrogens is 420 g/mol. The Morgan fingerprint density at radius 2 is 1.52 bits per heavy atom. The zero-order valence-corrected chi connectivity index (χ0v) is 18.7. The van der Waals surface area contributed by atoms with Crippen molar-refractivity contribution in [3.8, 4) is 0 Å². The fourth-order valence-electron chi connectivity index (χ4n) is 5.81. The SMILES string of the molecule is Cc1cccc(C)c1NC(=O)COC(=O)c1ccc(N2C(=O)[C@@H]3[C@H]4CC[C@@H](C4)[C@@H]3C2=O)cc1. The highest BCUT2D eigenvalue weighted by molar-refractivity contribution is 6.22. The van der Waals surface area contributed by atoms with Crippen LogP contribution in [0.2, 0.25) is 0 Å². The van der Waals surface area contributed by atoms with Crippen LogP contribution < -0.4 is 10.2 Å². The van der Waals surface area contributed by atoms with E-state index in [1.54, 1.807) is 12.1 Å². The molecule has 33 heavy (non-hydrogen) atoms. The first kappa shape index (κ1) is 21.4. The third kappa shape index (κ3) is 3.61. The van der Waals surface area contributed by atoms with E-state index in [4.69, 9.17) is 4.74 Å². The first-order valence-electron chi connectivity index (χ1n) is 11.4. The van der Waals surface area contributed by atoms with Gasteiger partial charge in [-0.15, -0.1) is 0 Å². The van der Waals surface area contributed by atoms with Crippen LogP contribution in [-0.2, 0) is 19.1 Å². The number of amides is 3. The Kier molecular flexibility index (Phi) is 5.27. The normalized spacial score (nSPS) is 25.3. The van der Waals surface area contributed by atoms with E-state index in [1.807, 2.05) is 32.0 Å². The van der Waals surface area contributed by atoms with Gasteiger partial charge in [0.05, 0.1) is 23.1 Å². The van der Waals surface area contributed by atoms with Gasteiger partial charge < -0.3 is 10.1 Å². The number of ether oxygens (including phenoxy) is 1. The number of nitrogens with zero attached hydrogens (tertiary/aromatic N) is 1.